The molecule has 0 aromatic heterocycles. The van der Waals surface area contributed by atoms with Gasteiger partial charge in [-0.05, 0) is 24.8 Å². The van der Waals surface area contributed by atoms with Crippen LogP contribution in [0.1, 0.15) is 30.7 Å². The summed E-state index contributed by atoms with van der Waals surface area (Å²) in [4.78, 5) is 13.8. The molecule has 0 aliphatic carbocycles. The first kappa shape index (κ1) is 15.8. The van der Waals surface area contributed by atoms with E-state index < -0.39 is 6.10 Å². The minimum atomic E-state index is -0.410. The number of amides is 2. The third-order valence-electron chi connectivity index (χ3n) is 3.93. The van der Waals surface area contributed by atoms with E-state index >= 15 is 0 Å². The second-order valence-electron chi connectivity index (χ2n) is 5.55. The summed E-state index contributed by atoms with van der Waals surface area (Å²) in [5.74, 6) is 0.106. The maximum absolute atomic E-state index is 12.1. The van der Waals surface area contributed by atoms with E-state index in [4.69, 9.17) is 0 Å². The lowest BCUT2D eigenvalue weighted by atomic mass is 9.96. The molecule has 1 aromatic rings. The SMILES string of the molecule is O=C(NCC(CCO)c1ccccc1)N1CCCC(O)C1. The van der Waals surface area contributed by atoms with E-state index in [1.165, 1.54) is 0 Å². The van der Waals surface area contributed by atoms with Crippen LogP contribution < -0.4 is 5.32 Å². The number of rotatable bonds is 5. The number of aliphatic hydroxyl groups is 2. The van der Waals surface area contributed by atoms with Crippen molar-refractivity contribution in [2.75, 3.05) is 26.2 Å². The summed E-state index contributed by atoms with van der Waals surface area (Å²) >= 11 is 0. The van der Waals surface area contributed by atoms with E-state index in [1.54, 1.807) is 4.90 Å². The summed E-state index contributed by atoms with van der Waals surface area (Å²) in [6, 6.07) is 9.76. The molecule has 3 N–H and O–H groups in total. The molecule has 1 saturated heterocycles. The number of carbonyl (C=O) groups is 1. The molecule has 1 fully saturated rings. The molecule has 5 heteroatoms. The van der Waals surface area contributed by atoms with Crippen molar-refractivity contribution < 1.29 is 15.0 Å². The second-order valence-corrected chi connectivity index (χ2v) is 5.55. The van der Waals surface area contributed by atoms with Crippen LogP contribution in [0.3, 0.4) is 0 Å². The van der Waals surface area contributed by atoms with E-state index in [0.717, 1.165) is 18.4 Å². The first-order valence-corrected chi connectivity index (χ1v) is 7.57. The van der Waals surface area contributed by atoms with Crippen LogP contribution in [0.5, 0.6) is 0 Å². The molecule has 2 amide bonds. The predicted octanol–water partition coefficient (Wildman–Crippen LogP) is 1.32. The van der Waals surface area contributed by atoms with E-state index in [9.17, 15) is 15.0 Å². The van der Waals surface area contributed by atoms with Crippen LogP contribution in [-0.2, 0) is 0 Å². The third-order valence-corrected chi connectivity index (χ3v) is 3.93. The highest BCUT2D eigenvalue weighted by molar-refractivity contribution is 5.74. The van der Waals surface area contributed by atoms with Crippen LogP contribution in [0.4, 0.5) is 4.79 Å². The van der Waals surface area contributed by atoms with Gasteiger partial charge in [0.05, 0.1) is 6.10 Å². The average molecular weight is 292 g/mol. The lowest BCUT2D eigenvalue weighted by Gasteiger charge is -2.30. The second kappa shape index (κ2) is 8.00. The molecule has 2 rings (SSSR count). The zero-order valence-electron chi connectivity index (χ0n) is 12.2. The van der Waals surface area contributed by atoms with Gasteiger partial charge in [-0.25, -0.2) is 4.79 Å². The highest BCUT2D eigenvalue weighted by Gasteiger charge is 2.22. The first-order chi connectivity index (χ1) is 10.2. The number of nitrogens with one attached hydrogen (secondary N) is 1. The Bertz CT molecular complexity index is 438. The summed E-state index contributed by atoms with van der Waals surface area (Å²) in [5, 5.41) is 21.7. The minimum absolute atomic E-state index is 0.0951. The Morgan fingerprint density at radius 1 is 1.38 bits per heavy atom. The molecule has 21 heavy (non-hydrogen) atoms. The molecule has 0 spiro atoms. The Labute approximate surface area is 125 Å². The fraction of sp³-hybridized carbons (Fsp3) is 0.562. The van der Waals surface area contributed by atoms with Crippen molar-refractivity contribution in [3.63, 3.8) is 0 Å². The summed E-state index contributed by atoms with van der Waals surface area (Å²) in [5.41, 5.74) is 1.12. The predicted molar refractivity (Wildman–Crippen MR) is 81.1 cm³/mol. The third kappa shape index (κ3) is 4.72. The van der Waals surface area contributed by atoms with Crippen LogP contribution >= 0.6 is 0 Å². The summed E-state index contributed by atoms with van der Waals surface area (Å²) in [6.07, 6.45) is 1.81. The minimum Gasteiger partial charge on any atom is -0.396 e. The van der Waals surface area contributed by atoms with Crippen LogP contribution in [0.15, 0.2) is 30.3 Å². The topological polar surface area (TPSA) is 72.8 Å². The van der Waals surface area contributed by atoms with Crippen molar-refractivity contribution >= 4 is 6.03 Å². The number of carbonyl (C=O) groups excluding carboxylic acids is 1. The van der Waals surface area contributed by atoms with Gasteiger partial charge in [-0.2, -0.15) is 0 Å². The number of urea groups is 1. The van der Waals surface area contributed by atoms with Crippen molar-refractivity contribution in [2.24, 2.45) is 0 Å². The van der Waals surface area contributed by atoms with Gasteiger partial charge in [0, 0.05) is 32.2 Å². The van der Waals surface area contributed by atoms with Gasteiger partial charge in [0.25, 0.3) is 0 Å². The molecule has 1 aliphatic rings. The van der Waals surface area contributed by atoms with E-state index in [-0.39, 0.29) is 18.6 Å². The van der Waals surface area contributed by atoms with E-state index in [1.807, 2.05) is 30.3 Å². The standard InChI is InChI=1S/C16H24N2O3/c19-10-8-14(13-5-2-1-3-6-13)11-17-16(21)18-9-4-7-15(20)12-18/h1-3,5-6,14-15,19-20H,4,7-12H2,(H,17,21). The Kier molecular flexibility index (Phi) is 6.02. The number of β-amino-alcohol motifs (C(OH)–C–C–N with tert-alkyl or cyclic N) is 1. The van der Waals surface area contributed by atoms with Crippen molar-refractivity contribution in [1.29, 1.82) is 0 Å². The van der Waals surface area contributed by atoms with Crippen LogP contribution in [0.2, 0.25) is 0 Å². The van der Waals surface area contributed by atoms with E-state index in [0.29, 0.717) is 26.1 Å². The molecule has 2 unspecified atom stereocenters. The average Bonchev–Trinajstić information content (AvgIpc) is 2.52. The zero-order chi connectivity index (χ0) is 15.1. The lowest BCUT2D eigenvalue weighted by Crippen LogP contribution is -2.47. The molecule has 0 radical (unpaired) electrons. The largest absolute Gasteiger partial charge is 0.396 e. The molecular formula is C16H24N2O3. The Morgan fingerprint density at radius 3 is 2.81 bits per heavy atom. The highest BCUT2D eigenvalue weighted by atomic mass is 16.3. The van der Waals surface area contributed by atoms with Crippen molar-refractivity contribution in [1.82, 2.24) is 10.2 Å². The fourth-order valence-electron chi connectivity index (χ4n) is 2.73. The number of piperidine rings is 1. The highest BCUT2D eigenvalue weighted by Crippen LogP contribution is 2.18. The number of likely N-dealkylation sites (tertiary alicyclic amines) is 1. The molecule has 1 aliphatic heterocycles. The van der Waals surface area contributed by atoms with Gasteiger partial charge in [-0.15, -0.1) is 0 Å². The van der Waals surface area contributed by atoms with Gasteiger partial charge >= 0.3 is 6.03 Å². The van der Waals surface area contributed by atoms with Crippen molar-refractivity contribution in [3.8, 4) is 0 Å². The van der Waals surface area contributed by atoms with Crippen molar-refractivity contribution in [2.45, 2.75) is 31.3 Å². The maximum atomic E-state index is 12.1. The summed E-state index contributed by atoms with van der Waals surface area (Å²) in [6.45, 7) is 1.69. The molecule has 2 atom stereocenters. The molecule has 5 nitrogen and oxygen atoms in total. The normalized spacial score (nSPS) is 20.1. The molecular weight excluding hydrogens is 268 g/mol. The summed E-state index contributed by atoms with van der Waals surface area (Å²) in [7, 11) is 0. The number of hydrogen-bond acceptors (Lipinski definition) is 3. The van der Waals surface area contributed by atoms with Gasteiger partial charge in [0.15, 0.2) is 0 Å². The Hall–Kier alpha value is -1.59. The quantitative estimate of drug-likeness (QED) is 0.766. The van der Waals surface area contributed by atoms with Gasteiger partial charge < -0.3 is 20.4 Å². The van der Waals surface area contributed by atoms with Gasteiger partial charge in [-0.3, -0.25) is 0 Å². The first-order valence-electron chi connectivity index (χ1n) is 7.57. The number of benzene rings is 1. The monoisotopic (exact) mass is 292 g/mol. The van der Waals surface area contributed by atoms with E-state index in [2.05, 4.69) is 5.32 Å². The Morgan fingerprint density at radius 2 is 2.14 bits per heavy atom. The fourth-order valence-corrected chi connectivity index (χ4v) is 2.73. The molecule has 1 heterocycles. The molecule has 0 bridgehead atoms. The number of aliphatic hydroxyl groups excluding tert-OH is 2. The Balaban J connectivity index is 1.88. The number of hydrogen-bond donors (Lipinski definition) is 3. The van der Waals surface area contributed by atoms with Gasteiger partial charge in [-0.1, -0.05) is 30.3 Å². The lowest BCUT2D eigenvalue weighted by molar-refractivity contribution is 0.0841. The molecule has 116 valence electrons. The van der Waals surface area contributed by atoms with Gasteiger partial charge in [0.1, 0.15) is 0 Å². The van der Waals surface area contributed by atoms with Crippen LogP contribution in [0, 0.1) is 0 Å². The van der Waals surface area contributed by atoms with Crippen LogP contribution in [-0.4, -0.2) is 53.5 Å². The maximum Gasteiger partial charge on any atom is 0.317 e. The molecule has 0 saturated carbocycles. The van der Waals surface area contributed by atoms with Gasteiger partial charge in [0.2, 0.25) is 0 Å². The smallest absolute Gasteiger partial charge is 0.317 e. The van der Waals surface area contributed by atoms with Crippen molar-refractivity contribution in [3.05, 3.63) is 35.9 Å². The van der Waals surface area contributed by atoms with Crippen LogP contribution in [0.25, 0.3) is 0 Å². The number of nitrogens with zero attached hydrogens (tertiary/aromatic N) is 1. The molecule has 1 aromatic carbocycles. The zero-order valence-corrected chi connectivity index (χ0v) is 12.2. The summed E-state index contributed by atoms with van der Waals surface area (Å²) < 4.78 is 0.